The van der Waals surface area contributed by atoms with Gasteiger partial charge in [-0.2, -0.15) is 0 Å². The molecule has 1 aliphatic rings. The maximum Gasteiger partial charge on any atom is 0.325 e. The number of thiophene rings is 1. The van der Waals surface area contributed by atoms with Crippen LogP contribution in [-0.2, 0) is 24.2 Å². The number of likely N-dealkylation sites (N-methyl/N-ethyl adjacent to an activating group) is 1. The molecule has 8 nitrogen and oxygen atoms in total. The molecule has 1 aromatic carbocycles. The van der Waals surface area contributed by atoms with E-state index in [1.165, 1.54) is 23.3 Å². The smallest absolute Gasteiger partial charge is 0.325 e. The number of carbonyl (C=O) groups is 3. The van der Waals surface area contributed by atoms with Gasteiger partial charge in [-0.15, -0.1) is 11.3 Å². The summed E-state index contributed by atoms with van der Waals surface area (Å²) in [6.07, 6.45) is 0.366. The summed E-state index contributed by atoms with van der Waals surface area (Å²) in [4.78, 5) is 37.8. The third-order valence-corrected chi connectivity index (χ3v) is 8.07. The van der Waals surface area contributed by atoms with Gasteiger partial charge in [-0.3, -0.25) is 14.4 Å². The van der Waals surface area contributed by atoms with Crippen molar-refractivity contribution in [3.05, 3.63) is 34.2 Å². The molecule has 1 aromatic heterocycles. The Kier molecular flexibility index (Phi) is 6.45. The second-order valence-corrected chi connectivity index (χ2v) is 10.3. The van der Waals surface area contributed by atoms with Gasteiger partial charge >= 0.3 is 5.97 Å². The Morgan fingerprint density at radius 1 is 1.31 bits per heavy atom. The minimum Gasteiger partial charge on any atom is -0.454 e. The van der Waals surface area contributed by atoms with Crippen molar-refractivity contribution in [2.45, 2.75) is 12.5 Å². The number of nitrogens with one attached hydrogen (secondary N) is 1. The number of hydrogen-bond donors (Lipinski definition) is 1. The molecule has 2 aromatic rings. The molecule has 2 amide bonds. The van der Waals surface area contributed by atoms with Gasteiger partial charge in [0.1, 0.15) is 11.4 Å². The lowest BCUT2D eigenvalue weighted by molar-refractivity contribution is -0.151. The van der Waals surface area contributed by atoms with Crippen molar-refractivity contribution < 1.29 is 27.5 Å². The van der Waals surface area contributed by atoms with Crippen LogP contribution in [0, 0.1) is 0 Å². The monoisotopic (exact) mass is 458 g/mol. The lowest BCUT2D eigenvalue weighted by Crippen LogP contribution is -2.41. The second kappa shape index (κ2) is 8.68. The predicted octanol–water partition coefficient (Wildman–Crippen LogP) is 1.47. The Balaban J connectivity index is 1.47. The number of benzene rings is 1. The second-order valence-electron chi connectivity index (χ2n) is 6.65. The molecule has 0 radical (unpaired) electrons. The highest BCUT2D eigenvalue weighted by Crippen LogP contribution is 2.34. The van der Waals surface area contributed by atoms with Gasteiger partial charge in [-0.25, -0.2) is 8.42 Å². The molecule has 1 saturated heterocycles. The van der Waals surface area contributed by atoms with Gasteiger partial charge in [0.05, 0.1) is 16.5 Å². The number of amides is 2. The summed E-state index contributed by atoms with van der Waals surface area (Å²) < 4.78 is 28.8. The molecule has 1 aliphatic heterocycles. The Hall–Kier alpha value is -2.17. The van der Waals surface area contributed by atoms with E-state index in [1.807, 2.05) is 18.2 Å². The first-order valence-corrected chi connectivity index (χ1v) is 11.8. The zero-order valence-electron chi connectivity index (χ0n) is 15.5. The molecule has 0 bridgehead atoms. The molecule has 0 spiro atoms. The third-order valence-electron chi connectivity index (χ3n) is 4.64. The molecule has 3 rings (SSSR count). The molecular formula is C18H19ClN2O6S2. The van der Waals surface area contributed by atoms with E-state index in [0.717, 1.165) is 10.1 Å². The van der Waals surface area contributed by atoms with Gasteiger partial charge in [0.2, 0.25) is 0 Å². The number of hydrogen-bond acceptors (Lipinski definition) is 7. The van der Waals surface area contributed by atoms with Crippen LogP contribution in [0.1, 0.15) is 16.1 Å². The van der Waals surface area contributed by atoms with Gasteiger partial charge in [0.15, 0.2) is 16.4 Å². The first-order valence-electron chi connectivity index (χ1n) is 8.75. The standard InChI is InChI=1S/C18H19ClN2O6S2/c1-21(11-6-7-29(25,26)10-11)14(22)9-27-15(23)8-20-18(24)17-16(19)12-4-2-3-5-13(12)28-17/h2-5,11H,6-10H2,1H3,(H,20,24)/t11-/m1/s1. The van der Waals surface area contributed by atoms with Gasteiger partial charge in [0, 0.05) is 23.2 Å². The fourth-order valence-corrected chi connectivity index (χ4v) is 6.18. The Morgan fingerprint density at radius 2 is 2.03 bits per heavy atom. The van der Waals surface area contributed by atoms with Crippen LogP contribution in [0.3, 0.4) is 0 Å². The summed E-state index contributed by atoms with van der Waals surface area (Å²) in [6.45, 7) is -0.941. The molecule has 11 heteroatoms. The Morgan fingerprint density at radius 3 is 2.69 bits per heavy atom. The van der Waals surface area contributed by atoms with E-state index in [-0.39, 0.29) is 11.5 Å². The minimum absolute atomic E-state index is 0.0431. The number of esters is 1. The van der Waals surface area contributed by atoms with E-state index in [0.29, 0.717) is 16.3 Å². The van der Waals surface area contributed by atoms with Crippen LogP contribution >= 0.6 is 22.9 Å². The lowest BCUT2D eigenvalue weighted by atomic mass is 10.2. The van der Waals surface area contributed by atoms with Crippen molar-refractivity contribution in [3.63, 3.8) is 0 Å². The maximum absolute atomic E-state index is 12.3. The molecule has 1 N–H and O–H groups in total. The molecule has 156 valence electrons. The van der Waals surface area contributed by atoms with E-state index in [4.69, 9.17) is 16.3 Å². The Bertz CT molecular complexity index is 1070. The van der Waals surface area contributed by atoms with Gasteiger partial charge in [-0.05, 0) is 12.5 Å². The maximum atomic E-state index is 12.3. The summed E-state index contributed by atoms with van der Waals surface area (Å²) in [6, 6.07) is 6.88. The number of nitrogens with zero attached hydrogens (tertiary/aromatic N) is 1. The number of ether oxygens (including phenoxy) is 1. The quantitative estimate of drug-likeness (QED) is 0.656. The van der Waals surface area contributed by atoms with Crippen LogP contribution in [-0.4, -0.2) is 68.8 Å². The zero-order chi connectivity index (χ0) is 21.2. The molecule has 2 heterocycles. The molecule has 0 unspecified atom stereocenters. The topological polar surface area (TPSA) is 110 Å². The number of rotatable bonds is 6. The van der Waals surface area contributed by atoms with Crippen LogP contribution in [0.4, 0.5) is 0 Å². The van der Waals surface area contributed by atoms with E-state index in [1.54, 1.807) is 6.07 Å². The van der Waals surface area contributed by atoms with Crippen LogP contribution in [0.5, 0.6) is 0 Å². The van der Waals surface area contributed by atoms with Crippen molar-refractivity contribution in [1.82, 2.24) is 10.2 Å². The summed E-state index contributed by atoms with van der Waals surface area (Å²) >= 11 is 7.44. The van der Waals surface area contributed by atoms with Gasteiger partial charge in [0.25, 0.3) is 11.8 Å². The summed E-state index contributed by atoms with van der Waals surface area (Å²) in [7, 11) is -1.64. The van der Waals surface area contributed by atoms with Crippen molar-refractivity contribution in [3.8, 4) is 0 Å². The van der Waals surface area contributed by atoms with E-state index in [2.05, 4.69) is 5.32 Å². The highest BCUT2D eigenvalue weighted by Gasteiger charge is 2.33. The average Bonchev–Trinajstić information content (AvgIpc) is 3.23. The minimum atomic E-state index is -3.12. The van der Waals surface area contributed by atoms with Gasteiger partial charge < -0.3 is 15.0 Å². The number of halogens is 1. The lowest BCUT2D eigenvalue weighted by Gasteiger charge is -2.23. The molecular weight excluding hydrogens is 440 g/mol. The number of carbonyl (C=O) groups excluding carboxylic acids is 3. The van der Waals surface area contributed by atoms with Crippen LogP contribution in [0.2, 0.25) is 5.02 Å². The van der Waals surface area contributed by atoms with Crippen LogP contribution in [0.15, 0.2) is 24.3 Å². The largest absolute Gasteiger partial charge is 0.454 e. The van der Waals surface area contributed by atoms with E-state index in [9.17, 15) is 22.8 Å². The molecule has 1 atom stereocenters. The number of sulfone groups is 1. The first kappa shape index (κ1) is 21.5. The van der Waals surface area contributed by atoms with Crippen molar-refractivity contribution >= 4 is 60.6 Å². The average molecular weight is 459 g/mol. The summed E-state index contributed by atoms with van der Waals surface area (Å²) in [5, 5.41) is 3.51. The zero-order valence-corrected chi connectivity index (χ0v) is 17.9. The summed E-state index contributed by atoms with van der Waals surface area (Å²) in [5.74, 6) is -1.83. The molecule has 1 fully saturated rings. The Labute approximate surface area is 176 Å². The molecule has 29 heavy (non-hydrogen) atoms. The number of fused-ring (bicyclic) bond motifs is 1. The highest BCUT2D eigenvalue weighted by atomic mass is 35.5. The van der Waals surface area contributed by atoms with Crippen molar-refractivity contribution in [2.24, 2.45) is 0 Å². The first-order chi connectivity index (χ1) is 13.7. The fourth-order valence-electron chi connectivity index (χ4n) is 2.97. The van der Waals surface area contributed by atoms with Gasteiger partial charge in [-0.1, -0.05) is 29.8 Å². The summed E-state index contributed by atoms with van der Waals surface area (Å²) in [5.41, 5.74) is 0. The molecule has 0 saturated carbocycles. The predicted molar refractivity (Wildman–Crippen MR) is 110 cm³/mol. The molecule has 0 aliphatic carbocycles. The van der Waals surface area contributed by atoms with E-state index >= 15 is 0 Å². The van der Waals surface area contributed by atoms with E-state index < -0.39 is 46.8 Å². The fraction of sp³-hybridized carbons (Fsp3) is 0.389. The normalized spacial score (nSPS) is 17.8. The highest BCUT2D eigenvalue weighted by molar-refractivity contribution is 7.91. The van der Waals surface area contributed by atoms with Crippen LogP contribution in [0.25, 0.3) is 10.1 Å². The van der Waals surface area contributed by atoms with Crippen molar-refractivity contribution in [1.29, 1.82) is 0 Å². The third kappa shape index (κ3) is 5.06. The van der Waals surface area contributed by atoms with Crippen molar-refractivity contribution in [2.75, 3.05) is 31.7 Å². The van der Waals surface area contributed by atoms with Crippen LogP contribution < -0.4 is 5.32 Å². The SMILES string of the molecule is CN(C(=O)COC(=O)CNC(=O)c1sc2ccccc2c1Cl)[C@@H]1CCS(=O)(=O)C1.